The minimum absolute atomic E-state index is 0.157. The number of carbonyl (C=O) groups is 2. The second-order valence-electron chi connectivity index (χ2n) is 22.7. The van der Waals surface area contributed by atoms with Crippen LogP contribution in [0.5, 0.6) is 0 Å². The number of rotatable bonds is 10. The third-order valence-corrected chi connectivity index (χ3v) is 19.3. The summed E-state index contributed by atoms with van der Waals surface area (Å²) in [5.74, 6) is -1.67. The van der Waals surface area contributed by atoms with E-state index in [9.17, 15) is 65.8 Å². The van der Waals surface area contributed by atoms with Crippen LogP contribution in [0.1, 0.15) is 106 Å². The van der Waals surface area contributed by atoms with Crippen LogP contribution in [0.4, 0.5) is 0 Å². The molecule has 66 heavy (non-hydrogen) atoms. The van der Waals surface area contributed by atoms with Crippen LogP contribution in [0.2, 0.25) is 0 Å². The summed E-state index contributed by atoms with van der Waals surface area (Å²) in [4.78, 5) is 25.7. The van der Waals surface area contributed by atoms with E-state index in [4.69, 9.17) is 28.4 Å². The van der Waals surface area contributed by atoms with Gasteiger partial charge in [0.2, 0.25) is 0 Å². The van der Waals surface area contributed by atoms with E-state index in [1.807, 2.05) is 0 Å². The van der Waals surface area contributed by atoms with Gasteiger partial charge in [-0.15, -0.1) is 0 Å². The molecule has 0 aromatic rings. The Morgan fingerprint density at radius 3 is 1.91 bits per heavy atom. The lowest BCUT2D eigenvalue weighted by Gasteiger charge is -2.71. The van der Waals surface area contributed by atoms with E-state index < -0.39 is 134 Å². The lowest BCUT2D eigenvalue weighted by Crippen LogP contribution is -2.67. The second-order valence-corrected chi connectivity index (χ2v) is 22.7. The molecule has 0 bridgehead atoms. The van der Waals surface area contributed by atoms with Crippen LogP contribution in [0.15, 0.2) is 11.6 Å². The van der Waals surface area contributed by atoms with Crippen LogP contribution >= 0.6 is 0 Å². The normalized spacial score (nSPS) is 53.6. The molecule has 4 saturated carbocycles. The van der Waals surface area contributed by atoms with Crippen molar-refractivity contribution < 1.29 is 94.2 Å². The Morgan fingerprint density at radius 2 is 1.27 bits per heavy atom. The first-order valence-corrected chi connectivity index (χ1v) is 23.9. The van der Waals surface area contributed by atoms with E-state index in [0.29, 0.717) is 38.5 Å². The van der Waals surface area contributed by atoms with Crippen LogP contribution in [-0.2, 0) is 38.0 Å². The molecule has 0 radical (unpaired) electrons. The number of aliphatic hydroxyl groups is 9. The van der Waals surface area contributed by atoms with E-state index in [2.05, 4.69) is 40.7 Å². The molecule has 3 aliphatic heterocycles. The number of hydrogen-bond donors (Lipinski definition) is 11. The molecule has 0 aromatic heterocycles. The summed E-state index contributed by atoms with van der Waals surface area (Å²) < 4.78 is 35.8. The average Bonchev–Trinajstić information content (AvgIpc) is 3.26. The highest BCUT2D eigenvalue weighted by Crippen LogP contribution is 2.76. The van der Waals surface area contributed by atoms with Crippen LogP contribution < -0.4 is 0 Å². The maximum atomic E-state index is 13.1. The zero-order chi connectivity index (χ0) is 48.3. The summed E-state index contributed by atoms with van der Waals surface area (Å²) >= 11 is 0. The van der Waals surface area contributed by atoms with Gasteiger partial charge in [-0.05, 0) is 111 Å². The second kappa shape index (κ2) is 17.7. The van der Waals surface area contributed by atoms with E-state index in [0.717, 1.165) is 31.3 Å². The highest BCUT2D eigenvalue weighted by atomic mass is 16.8. The quantitative estimate of drug-likeness (QED) is 0.104. The minimum Gasteiger partial charge on any atom is -0.481 e. The third kappa shape index (κ3) is 7.64. The zero-order valence-electron chi connectivity index (χ0n) is 38.8. The first kappa shape index (κ1) is 50.5. The molecule has 0 unspecified atom stereocenters. The van der Waals surface area contributed by atoms with Crippen molar-refractivity contribution in [2.75, 3.05) is 19.8 Å². The van der Waals surface area contributed by atoms with Crippen molar-refractivity contribution in [3.8, 4) is 0 Å². The molecule has 3 heterocycles. The number of aliphatic carboxylic acids is 2. The van der Waals surface area contributed by atoms with Gasteiger partial charge in [-0.25, -0.2) is 0 Å². The largest absolute Gasteiger partial charge is 0.481 e. The molecule has 7 fully saturated rings. The maximum absolute atomic E-state index is 13.1. The van der Waals surface area contributed by atoms with Gasteiger partial charge in [0.25, 0.3) is 0 Å². The summed E-state index contributed by atoms with van der Waals surface area (Å²) in [6.45, 7) is 11.3. The molecule has 0 spiro atoms. The fraction of sp³-hybridized carbons (Fsp3) is 0.915. The van der Waals surface area contributed by atoms with Gasteiger partial charge in [-0.3, -0.25) is 9.59 Å². The summed E-state index contributed by atoms with van der Waals surface area (Å²) in [5.41, 5.74) is -2.00. The molecule has 23 atom stereocenters. The molecule has 8 aliphatic rings. The summed E-state index contributed by atoms with van der Waals surface area (Å²) in [7, 11) is 0. The first-order chi connectivity index (χ1) is 30.8. The highest BCUT2D eigenvalue weighted by Gasteiger charge is 2.70. The van der Waals surface area contributed by atoms with Crippen LogP contribution in [0.3, 0.4) is 0 Å². The number of fused-ring (bicyclic) bond motifs is 7. The molecule has 8 rings (SSSR count). The lowest BCUT2D eigenvalue weighted by atomic mass is 9.33. The number of aliphatic hydroxyl groups excluding tert-OH is 9. The van der Waals surface area contributed by atoms with Gasteiger partial charge in [0.1, 0.15) is 67.1 Å². The molecule has 19 nitrogen and oxygen atoms in total. The van der Waals surface area contributed by atoms with E-state index in [1.54, 1.807) is 6.92 Å². The van der Waals surface area contributed by atoms with Gasteiger partial charge in [-0.2, -0.15) is 0 Å². The Kier molecular flexibility index (Phi) is 13.6. The SMILES string of the molecule is CC1(C)[C@@H](O[C@@H]2OC[C@H](O)[C@H](O[C@@H]3O[C@H](CO)[C@@H](O)[C@H](O)[C@H]3O[C@@H]3O[C@H](CO)[C@@H](O)[C@H](O)[C@H]3O)[C@H]2O)CC[C@]2(C)[C@H]3CC=C4[C@@H]5C[C@@](C)(C(=O)O)CC[C@]5(C(=O)O)CC[C@@]4(C)[C@]3(C)CC[C@@H]12. The van der Waals surface area contributed by atoms with Crippen molar-refractivity contribution >= 4 is 11.9 Å². The molecule has 3 saturated heterocycles. The predicted molar refractivity (Wildman–Crippen MR) is 227 cm³/mol. The van der Waals surface area contributed by atoms with E-state index in [-0.39, 0.29) is 40.6 Å². The molecular formula is C47H74O19. The number of ether oxygens (including phenoxy) is 6. The summed E-state index contributed by atoms with van der Waals surface area (Å²) in [6.07, 6.45) is -15.1. The van der Waals surface area contributed by atoms with Gasteiger partial charge >= 0.3 is 11.9 Å². The number of hydrogen-bond acceptors (Lipinski definition) is 17. The van der Waals surface area contributed by atoms with Gasteiger partial charge in [0, 0.05) is 0 Å². The number of carboxylic acids is 2. The Morgan fingerprint density at radius 1 is 0.652 bits per heavy atom. The third-order valence-electron chi connectivity index (χ3n) is 19.3. The Bertz CT molecular complexity index is 1850. The molecule has 0 amide bonds. The smallest absolute Gasteiger partial charge is 0.310 e. The summed E-state index contributed by atoms with van der Waals surface area (Å²) in [6, 6.07) is 0. The van der Waals surface area contributed by atoms with Gasteiger partial charge < -0.3 is 84.6 Å². The van der Waals surface area contributed by atoms with Crippen molar-refractivity contribution in [3.05, 3.63) is 11.6 Å². The monoisotopic (exact) mass is 942 g/mol. The highest BCUT2D eigenvalue weighted by molar-refractivity contribution is 5.79. The Labute approximate surface area is 385 Å². The summed E-state index contributed by atoms with van der Waals surface area (Å²) in [5, 5.41) is 117. The lowest BCUT2D eigenvalue weighted by molar-refractivity contribution is -0.387. The molecular weight excluding hydrogens is 868 g/mol. The average molecular weight is 943 g/mol. The Hall–Kier alpha value is -1.92. The molecule has 376 valence electrons. The minimum atomic E-state index is -1.89. The van der Waals surface area contributed by atoms with Crippen molar-refractivity contribution in [1.29, 1.82) is 0 Å². The zero-order valence-corrected chi connectivity index (χ0v) is 38.8. The fourth-order valence-corrected chi connectivity index (χ4v) is 14.9. The van der Waals surface area contributed by atoms with Gasteiger partial charge in [-0.1, -0.05) is 46.3 Å². The fourth-order valence-electron chi connectivity index (χ4n) is 14.9. The number of allylic oxidation sites excluding steroid dienone is 2. The van der Waals surface area contributed by atoms with E-state index in [1.165, 1.54) is 0 Å². The van der Waals surface area contributed by atoms with Crippen molar-refractivity contribution in [2.24, 2.45) is 50.2 Å². The molecule has 5 aliphatic carbocycles. The van der Waals surface area contributed by atoms with Crippen LogP contribution in [0.25, 0.3) is 0 Å². The van der Waals surface area contributed by atoms with E-state index >= 15 is 0 Å². The van der Waals surface area contributed by atoms with Crippen LogP contribution in [-0.4, -0.2) is 180 Å². The number of carboxylic acid groups (broad SMARTS) is 2. The molecule has 19 heteroatoms. The standard InChI is InChI=1S/C47H74O19/c1-42(2)26-9-12-46(6)27(8-7-21-22-17-43(3,40(57)58)13-15-47(22,41(59)60)16-14-45(21,46)5)44(26,4)11-10-28(42)64-37-34(56)35(23(50)20-61-37)65-39-36(32(54)30(52)25(19-49)63-39)66-38-33(55)31(53)29(51)24(18-48)62-38/h7,22-39,48-56H,8-20H2,1-6H3,(H,57,58)(H,59,60)/t22-,23-,24+,25+,26-,27+,28-,29+,30+,31-,32-,33+,34+,35-,36+,37-,38-,39-,43-,44-,45+,46+,47-/m0/s1. The van der Waals surface area contributed by atoms with Gasteiger partial charge in [0.15, 0.2) is 18.9 Å². The van der Waals surface area contributed by atoms with Crippen LogP contribution in [0, 0.1) is 50.2 Å². The topological polar surface area (TPSA) is 312 Å². The molecule has 0 aromatic carbocycles. The molecule has 11 N–H and O–H groups in total. The van der Waals surface area contributed by atoms with Crippen molar-refractivity contribution in [1.82, 2.24) is 0 Å². The van der Waals surface area contributed by atoms with Gasteiger partial charge in [0.05, 0.1) is 36.8 Å². The Balaban J connectivity index is 0.995. The first-order valence-electron chi connectivity index (χ1n) is 23.9. The maximum Gasteiger partial charge on any atom is 0.310 e. The van der Waals surface area contributed by atoms with Crippen molar-refractivity contribution in [3.63, 3.8) is 0 Å². The predicted octanol–water partition coefficient (Wildman–Crippen LogP) is 0.410. The van der Waals surface area contributed by atoms with Crippen molar-refractivity contribution in [2.45, 2.75) is 198 Å².